The molecule has 94 valence electrons. The van der Waals surface area contributed by atoms with E-state index in [0.717, 1.165) is 31.4 Å². The molecule has 0 amide bonds. The molecule has 1 heterocycles. The van der Waals surface area contributed by atoms with Crippen LogP contribution in [0.2, 0.25) is 0 Å². The van der Waals surface area contributed by atoms with Crippen LogP contribution in [0.3, 0.4) is 0 Å². The molecule has 0 fully saturated rings. The zero-order valence-corrected chi connectivity index (χ0v) is 12.2. The predicted molar refractivity (Wildman–Crippen MR) is 74.8 cm³/mol. The third-order valence-corrected chi connectivity index (χ3v) is 4.10. The molecule has 1 aliphatic rings. The topological polar surface area (TPSA) is 22.0 Å². The summed E-state index contributed by atoms with van der Waals surface area (Å²) in [5.74, 6) is 0.645. The third kappa shape index (κ3) is 2.65. The summed E-state index contributed by atoms with van der Waals surface area (Å²) in [5, 5.41) is 0.667. The second kappa shape index (κ2) is 5.38. The Labute approximate surface area is 111 Å². The van der Waals surface area contributed by atoms with E-state index in [1.807, 2.05) is 4.57 Å². The number of hydrogen-bond acceptors (Lipinski definition) is 1. The Hall–Kier alpha value is -0.570. The number of aryl methyl sites for hydroxylation is 1. The molecule has 0 unspecified atom stereocenters. The largest absolute Gasteiger partial charge is 0.312 e. The molecule has 17 heavy (non-hydrogen) atoms. The maximum atomic E-state index is 12.3. The molecule has 0 spiro atoms. The van der Waals surface area contributed by atoms with Crippen LogP contribution in [0.15, 0.2) is 10.9 Å². The summed E-state index contributed by atoms with van der Waals surface area (Å²) in [5.41, 5.74) is 3.81. The maximum absolute atomic E-state index is 12.3. The lowest BCUT2D eigenvalue weighted by molar-refractivity contribution is 0.497. The molecule has 0 aromatic carbocycles. The number of alkyl halides is 1. The highest BCUT2D eigenvalue weighted by atomic mass is 79.9. The highest BCUT2D eigenvalue weighted by Gasteiger charge is 2.18. The van der Waals surface area contributed by atoms with E-state index in [2.05, 4.69) is 35.8 Å². The van der Waals surface area contributed by atoms with Gasteiger partial charge in [-0.25, -0.2) is 0 Å². The summed E-state index contributed by atoms with van der Waals surface area (Å²) >= 11 is 3.42. The SMILES string of the molecule is CC(C)CCn1c2c(cc(CBr)c1=O)CCC2. The van der Waals surface area contributed by atoms with E-state index in [1.54, 1.807) is 0 Å². The second-order valence-electron chi connectivity index (χ2n) is 5.27. The van der Waals surface area contributed by atoms with Gasteiger partial charge < -0.3 is 4.57 Å². The van der Waals surface area contributed by atoms with Gasteiger partial charge in [0.2, 0.25) is 0 Å². The lowest BCUT2D eigenvalue weighted by Gasteiger charge is -2.15. The predicted octanol–water partition coefficient (Wildman–Crippen LogP) is 3.28. The molecule has 0 N–H and O–H groups in total. The van der Waals surface area contributed by atoms with E-state index in [9.17, 15) is 4.79 Å². The van der Waals surface area contributed by atoms with Crippen molar-refractivity contribution in [3.05, 3.63) is 33.2 Å². The van der Waals surface area contributed by atoms with E-state index < -0.39 is 0 Å². The highest BCUT2D eigenvalue weighted by molar-refractivity contribution is 9.08. The van der Waals surface area contributed by atoms with Crippen LogP contribution in [-0.2, 0) is 24.7 Å². The number of fused-ring (bicyclic) bond motifs is 1. The van der Waals surface area contributed by atoms with Gasteiger partial charge >= 0.3 is 0 Å². The van der Waals surface area contributed by atoms with Crippen LogP contribution in [0.25, 0.3) is 0 Å². The summed E-state index contributed by atoms with van der Waals surface area (Å²) in [4.78, 5) is 12.3. The van der Waals surface area contributed by atoms with Gasteiger partial charge in [0.15, 0.2) is 0 Å². The minimum atomic E-state index is 0.211. The Morgan fingerprint density at radius 3 is 2.82 bits per heavy atom. The Kier molecular flexibility index (Phi) is 4.08. The van der Waals surface area contributed by atoms with Crippen molar-refractivity contribution in [3.63, 3.8) is 0 Å². The van der Waals surface area contributed by atoms with Gasteiger partial charge in [-0.15, -0.1) is 0 Å². The molecule has 0 aliphatic heterocycles. The summed E-state index contributed by atoms with van der Waals surface area (Å²) in [7, 11) is 0. The molecule has 0 saturated heterocycles. The Balaban J connectivity index is 2.41. The molecule has 2 nitrogen and oxygen atoms in total. The number of nitrogens with zero attached hydrogens (tertiary/aromatic N) is 1. The standard InChI is InChI=1S/C14H20BrNO/c1-10(2)6-7-16-13-5-3-4-11(13)8-12(9-15)14(16)17/h8,10H,3-7,9H2,1-2H3. The molecule has 2 rings (SSSR count). The van der Waals surface area contributed by atoms with Gasteiger partial charge in [0.05, 0.1) is 0 Å². The van der Waals surface area contributed by atoms with Crippen molar-refractivity contribution in [2.45, 2.75) is 51.4 Å². The van der Waals surface area contributed by atoms with Gasteiger partial charge in [0.1, 0.15) is 0 Å². The molecule has 0 bridgehead atoms. The molecule has 0 radical (unpaired) electrons. The minimum absolute atomic E-state index is 0.211. The lowest BCUT2D eigenvalue weighted by atomic mass is 10.1. The van der Waals surface area contributed by atoms with E-state index >= 15 is 0 Å². The van der Waals surface area contributed by atoms with Gasteiger partial charge in [-0.3, -0.25) is 4.79 Å². The fourth-order valence-electron chi connectivity index (χ4n) is 2.50. The van der Waals surface area contributed by atoms with Gasteiger partial charge in [0.25, 0.3) is 5.56 Å². The number of hydrogen-bond donors (Lipinski definition) is 0. The molecule has 1 aliphatic carbocycles. The zero-order valence-electron chi connectivity index (χ0n) is 10.6. The van der Waals surface area contributed by atoms with Crippen LogP contribution in [-0.4, -0.2) is 4.57 Å². The van der Waals surface area contributed by atoms with Gasteiger partial charge in [-0.1, -0.05) is 29.8 Å². The second-order valence-corrected chi connectivity index (χ2v) is 5.83. The van der Waals surface area contributed by atoms with Crippen molar-refractivity contribution in [1.82, 2.24) is 4.57 Å². The molecule has 1 aromatic rings. The summed E-state index contributed by atoms with van der Waals surface area (Å²) in [6, 6.07) is 2.10. The first-order valence-corrected chi connectivity index (χ1v) is 7.56. The first-order chi connectivity index (χ1) is 8.13. The van der Waals surface area contributed by atoms with Gasteiger partial charge in [-0.05, 0) is 43.2 Å². The average Bonchev–Trinajstić information content (AvgIpc) is 2.74. The van der Waals surface area contributed by atoms with E-state index in [1.165, 1.54) is 17.7 Å². The number of halogens is 1. The van der Waals surface area contributed by atoms with Crippen LogP contribution >= 0.6 is 15.9 Å². The Bertz CT molecular complexity index is 462. The summed E-state index contributed by atoms with van der Waals surface area (Å²) < 4.78 is 2.03. The number of pyridine rings is 1. The maximum Gasteiger partial charge on any atom is 0.254 e. The van der Waals surface area contributed by atoms with Gasteiger partial charge in [-0.2, -0.15) is 0 Å². The molecule has 0 atom stereocenters. The zero-order chi connectivity index (χ0) is 12.4. The Morgan fingerprint density at radius 1 is 1.41 bits per heavy atom. The van der Waals surface area contributed by atoms with Crippen LogP contribution in [0.5, 0.6) is 0 Å². The normalized spacial score (nSPS) is 14.4. The van der Waals surface area contributed by atoms with Crippen molar-refractivity contribution >= 4 is 15.9 Å². The first-order valence-electron chi connectivity index (χ1n) is 6.44. The van der Waals surface area contributed by atoms with Crippen LogP contribution in [0.1, 0.15) is 43.5 Å². The summed E-state index contributed by atoms with van der Waals surface area (Å²) in [6.07, 6.45) is 4.49. The van der Waals surface area contributed by atoms with Crippen LogP contribution in [0.4, 0.5) is 0 Å². The third-order valence-electron chi connectivity index (χ3n) is 3.50. The molecular formula is C14H20BrNO. The average molecular weight is 298 g/mol. The summed E-state index contributed by atoms with van der Waals surface area (Å²) in [6.45, 7) is 5.29. The number of aromatic nitrogens is 1. The molecular weight excluding hydrogens is 278 g/mol. The van der Waals surface area contributed by atoms with E-state index in [-0.39, 0.29) is 5.56 Å². The highest BCUT2D eigenvalue weighted by Crippen LogP contribution is 2.22. The molecule has 1 aromatic heterocycles. The van der Waals surface area contributed by atoms with E-state index in [4.69, 9.17) is 0 Å². The van der Waals surface area contributed by atoms with Crippen molar-refractivity contribution in [2.75, 3.05) is 0 Å². The molecule has 0 saturated carbocycles. The van der Waals surface area contributed by atoms with Crippen molar-refractivity contribution < 1.29 is 0 Å². The van der Waals surface area contributed by atoms with Crippen molar-refractivity contribution in [1.29, 1.82) is 0 Å². The fourth-order valence-corrected chi connectivity index (χ4v) is 2.90. The van der Waals surface area contributed by atoms with Crippen LogP contribution in [0, 0.1) is 5.92 Å². The Morgan fingerprint density at radius 2 is 2.18 bits per heavy atom. The quantitative estimate of drug-likeness (QED) is 0.782. The van der Waals surface area contributed by atoms with Gasteiger partial charge in [0, 0.05) is 23.1 Å². The van der Waals surface area contributed by atoms with Crippen molar-refractivity contribution in [2.24, 2.45) is 5.92 Å². The number of rotatable bonds is 4. The van der Waals surface area contributed by atoms with Crippen molar-refractivity contribution in [3.8, 4) is 0 Å². The van der Waals surface area contributed by atoms with E-state index in [0.29, 0.717) is 11.2 Å². The molecule has 3 heteroatoms. The smallest absolute Gasteiger partial charge is 0.254 e. The monoisotopic (exact) mass is 297 g/mol. The first kappa shape index (κ1) is 12.9. The fraction of sp³-hybridized carbons (Fsp3) is 0.643. The van der Waals surface area contributed by atoms with Crippen LogP contribution < -0.4 is 5.56 Å². The lowest BCUT2D eigenvalue weighted by Crippen LogP contribution is -2.27. The minimum Gasteiger partial charge on any atom is -0.312 e.